The fourth-order valence-corrected chi connectivity index (χ4v) is 3.79. The van der Waals surface area contributed by atoms with Gasteiger partial charge in [0.05, 0.1) is 0 Å². The van der Waals surface area contributed by atoms with Crippen molar-refractivity contribution < 1.29 is 0 Å². The Labute approximate surface area is 189 Å². The van der Waals surface area contributed by atoms with Gasteiger partial charge in [0, 0.05) is 32.7 Å². The van der Waals surface area contributed by atoms with Gasteiger partial charge in [-0.3, -0.25) is 9.89 Å². The van der Waals surface area contributed by atoms with Crippen molar-refractivity contribution >= 4 is 29.9 Å². The fourth-order valence-electron chi connectivity index (χ4n) is 3.79. The molecule has 0 bridgehead atoms. The number of nitrogens with one attached hydrogen (secondary N) is 2. The van der Waals surface area contributed by atoms with Crippen molar-refractivity contribution in [2.75, 3.05) is 46.3 Å². The van der Waals surface area contributed by atoms with E-state index in [-0.39, 0.29) is 24.0 Å². The van der Waals surface area contributed by atoms with Crippen molar-refractivity contribution in [3.05, 3.63) is 35.9 Å². The zero-order chi connectivity index (χ0) is 19.3. The van der Waals surface area contributed by atoms with Crippen molar-refractivity contribution in [1.82, 2.24) is 20.4 Å². The molecule has 1 aliphatic rings. The summed E-state index contributed by atoms with van der Waals surface area (Å²) in [7, 11) is 1.86. The fraction of sp³-hybridized carbons (Fsp3) is 0.682. The molecule has 6 heteroatoms. The molecule has 5 nitrogen and oxygen atoms in total. The summed E-state index contributed by atoms with van der Waals surface area (Å²) >= 11 is 0. The van der Waals surface area contributed by atoms with Crippen molar-refractivity contribution in [3.8, 4) is 0 Å². The van der Waals surface area contributed by atoms with Crippen LogP contribution in [0.2, 0.25) is 0 Å². The highest BCUT2D eigenvalue weighted by Crippen LogP contribution is 2.19. The molecule has 0 amide bonds. The molecule has 2 rings (SSSR count). The summed E-state index contributed by atoms with van der Waals surface area (Å²) in [5, 5.41) is 7.01. The van der Waals surface area contributed by atoms with Gasteiger partial charge in [0.15, 0.2) is 5.96 Å². The van der Waals surface area contributed by atoms with Crippen LogP contribution in [0.5, 0.6) is 0 Å². The summed E-state index contributed by atoms with van der Waals surface area (Å²) in [6, 6.07) is 11.4. The number of rotatable bonds is 11. The van der Waals surface area contributed by atoms with Crippen LogP contribution in [0.25, 0.3) is 0 Å². The Hall–Kier alpha value is -0.860. The van der Waals surface area contributed by atoms with E-state index in [1.807, 2.05) is 7.05 Å². The lowest BCUT2D eigenvalue weighted by Crippen LogP contribution is -2.45. The number of nitrogens with zero attached hydrogens (tertiary/aromatic N) is 3. The lowest BCUT2D eigenvalue weighted by molar-refractivity contribution is 0.245. The molecule has 0 radical (unpaired) electrons. The van der Waals surface area contributed by atoms with Crippen LogP contribution in [-0.4, -0.2) is 68.1 Å². The minimum Gasteiger partial charge on any atom is -0.356 e. The Morgan fingerprint density at radius 3 is 2.57 bits per heavy atom. The Morgan fingerprint density at radius 1 is 1.14 bits per heavy atom. The zero-order valence-corrected chi connectivity index (χ0v) is 20.3. The average molecular weight is 502 g/mol. The molecule has 0 aromatic heterocycles. The third-order valence-corrected chi connectivity index (χ3v) is 5.54. The van der Waals surface area contributed by atoms with E-state index in [2.05, 4.69) is 69.6 Å². The topological polar surface area (TPSA) is 42.9 Å². The van der Waals surface area contributed by atoms with Crippen molar-refractivity contribution in [2.24, 2.45) is 4.99 Å². The quantitative estimate of drug-likeness (QED) is 0.211. The second-order valence-electron chi connectivity index (χ2n) is 7.37. The second-order valence-corrected chi connectivity index (χ2v) is 7.37. The van der Waals surface area contributed by atoms with Gasteiger partial charge in [0.1, 0.15) is 0 Å². The summed E-state index contributed by atoms with van der Waals surface area (Å²) in [6.07, 6.45) is 4.97. The molecule has 1 fully saturated rings. The first-order valence-electron chi connectivity index (χ1n) is 10.7. The van der Waals surface area contributed by atoms with Crippen LogP contribution in [-0.2, 0) is 6.54 Å². The molecule has 160 valence electrons. The monoisotopic (exact) mass is 501 g/mol. The Balaban J connectivity index is 0.00000392. The number of hydrogen-bond donors (Lipinski definition) is 2. The van der Waals surface area contributed by atoms with E-state index >= 15 is 0 Å². The van der Waals surface area contributed by atoms with Crippen LogP contribution in [0.4, 0.5) is 0 Å². The third kappa shape index (κ3) is 9.09. The molecule has 2 N–H and O–H groups in total. The number of benzene rings is 1. The van der Waals surface area contributed by atoms with E-state index in [9.17, 15) is 0 Å². The molecule has 0 aliphatic carbocycles. The van der Waals surface area contributed by atoms with E-state index in [0.29, 0.717) is 6.04 Å². The van der Waals surface area contributed by atoms with Crippen LogP contribution in [0, 0.1) is 0 Å². The van der Waals surface area contributed by atoms with Crippen molar-refractivity contribution in [3.63, 3.8) is 0 Å². The number of aliphatic imine (C=N–C) groups is 1. The summed E-state index contributed by atoms with van der Waals surface area (Å²) in [5.41, 5.74) is 1.40. The van der Waals surface area contributed by atoms with Gasteiger partial charge in [0.25, 0.3) is 0 Å². The van der Waals surface area contributed by atoms with Crippen LogP contribution >= 0.6 is 24.0 Å². The normalized spacial score (nSPS) is 17.6. The zero-order valence-electron chi connectivity index (χ0n) is 18.0. The van der Waals surface area contributed by atoms with Gasteiger partial charge >= 0.3 is 0 Å². The Bertz CT molecular complexity index is 533. The highest BCUT2D eigenvalue weighted by molar-refractivity contribution is 14.0. The minimum atomic E-state index is 0. The number of hydrogen-bond acceptors (Lipinski definition) is 3. The number of halogens is 1. The van der Waals surface area contributed by atoms with Gasteiger partial charge in [-0.05, 0) is 57.4 Å². The van der Waals surface area contributed by atoms with Gasteiger partial charge in [-0.2, -0.15) is 0 Å². The van der Waals surface area contributed by atoms with Crippen LogP contribution in [0.15, 0.2) is 35.3 Å². The van der Waals surface area contributed by atoms with Crippen molar-refractivity contribution in [1.29, 1.82) is 0 Å². The molecule has 1 saturated heterocycles. The van der Waals surface area contributed by atoms with Crippen LogP contribution in [0.3, 0.4) is 0 Å². The maximum Gasteiger partial charge on any atom is 0.191 e. The van der Waals surface area contributed by atoms with E-state index in [4.69, 9.17) is 0 Å². The smallest absolute Gasteiger partial charge is 0.191 e. The molecular formula is C22H40IN5. The molecule has 0 saturated carbocycles. The maximum atomic E-state index is 4.39. The van der Waals surface area contributed by atoms with E-state index in [1.54, 1.807) is 0 Å². The second kappa shape index (κ2) is 15.0. The third-order valence-electron chi connectivity index (χ3n) is 5.54. The van der Waals surface area contributed by atoms with Gasteiger partial charge in [-0.15, -0.1) is 24.0 Å². The molecular weight excluding hydrogens is 461 g/mol. The van der Waals surface area contributed by atoms with Gasteiger partial charge in [-0.25, -0.2) is 0 Å². The molecule has 1 heterocycles. The Morgan fingerprint density at radius 2 is 1.89 bits per heavy atom. The molecule has 0 spiro atoms. The van der Waals surface area contributed by atoms with Gasteiger partial charge < -0.3 is 15.5 Å². The summed E-state index contributed by atoms with van der Waals surface area (Å²) < 4.78 is 0. The van der Waals surface area contributed by atoms with Crippen LogP contribution < -0.4 is 10.6 Å². The van der Waals surface area contributed by atoms with Crippen molar-refractivity contribution in [2.45, 2.75) is 52.1 Å². The molecule has 28 heavy (non-hydrogen) atoms. The highest BCUT2D eigenvalue weighted by Gasteiger charge is 2.24. The lowest BCUT2D eigenvalue weighted by atomic mass is 10.2. The minimum absolute atomic E-state index is 0. The summed E-state index contributed by atoms with van der Waals surface area (Å²) in [6.45, 7) is 12.1. The lowest BCUT2D eigenvalue weighted by Gasteiger charge is -2.25. The largest absolute Gasteiger partial charge is 0.356 e. The number of guanidine groups is 1. The SMILES string of the molecule is CCN(CC)CCCCNC(=NC)NCC1CCCN1Cc1ccccc1.I. The molecule has 1 aromatic rings. The first-order valence-corrected chi connectivity index (χ1v) is 10.7. The van der Waals surface area contributed by atoms with Crippen LogP contribution in [0.1, 0.15) is 45.1 Å². The predicted molar refractivity (Wildman–Crippen MR) is 132 cm³/mol. The summed E-state index contributed by atoms with van der Waals surface area (Å²) in [4.78, 5) is 9.47. The first-order chi connectivity index (χ1) is 13.3. The van der Waals surface area contributed by atoms with Gasteiger partial charge in [-0.1, -0.05) is 44.2 Å². The maximum absolute atomic E-state index is 4.39. The van der Waals surface area contributed by atoms with E-state index in [0.717, 1.165) is 38.7 Å². The van der Waals surface area contributed by atoms with E-state index < -0.39 is 0 Å². The number of unbranched alkanes of at least 4 members (excludes halogenated alkanes) is 1. The molecule has 1 atom stereocenters. The van der Waals surface area contributed by atoms with E-state index in [1.165, 1.54) is 44.3 Å². The van der Waals surface area contributed by atoms with Gasteiger partial charge in [0.2, 0.25) is 0 Å². The number of likely N-dealkylation sites (tertiary alicyclic amines) is 1. The molecule has 1 aromatic carbocycles. The molecule has 1 aliphatic heterocycles. The molecule has 1 unspecified atom stereocenters. The first kappa shape index (κ1) is 25.2. The Kier molecular flexibility index (Phi) is 13.5. The average Bonchev–Trinajstić information content (AvgIpc) is 3.14. The predicted octanol–water partition coefficient (Wildman–Crippen LogP) is 3.56. The standard InChI is InChI=1S/C22H39N5.HI/c1-4-26(5-2)16-10-9-15-24-22(23-3)25-18-21-14-11-17-27(21)19-20-12-7-6-8-13-20;/h6-8,12-13,21H,4-5,9-11,14-19H2,1-3H3,(H2,23,24,25);1H. The highest BCUT2D eigenvalue weighted by atomic mass is 127. The summed E-state index contributed by atoms with van der Waals surface area (Å²) in [5.74, 6) is 0.935.